The first-order valence-electron chi connectivity index (χ1n) is 7.57. The molecule has 1 rings (SSSR count). The Morgan fingerprint density at radius 1 is 1.00 bits per heavy atom. The van der Waals surface area contributed by atoms with Gasteiger partial charge in [0.1, 0.15) is 25.5 Å². The Labute approximate surface area is 127 Å². The van der Waals surface area contributed by atoms with Crippen molar-refractivity contribution >= 4 is 0 Å². The summed E-state index contributed by atoms with van der Waals surface area (Å²) in [5.74, 6) is 1.21. The van der Waals surface area contributed by atoms with Crippen LogP contribution >= 0.6 is 0 Å². The fraction of sp³-hybridized carbons (Fsp3) is 0.800. The number of hydrogen-bond acceptors (Lipinski definition) is 4. The summed E-state index contributed by atoms with van der Waals surface area (Å²) in [6.07, 6.45) is 4.16. The molecule has 0 saturated carbocycles. The van der Waals surface area contributed by atoms with E-state index in [0.29, 0.717) is 39.6 Å². The first-order chi connectivity index (χ1) is 10.3. The molecule has 1 aromatic heterocycles. The Balaban J connectivity index is 2.18. The Bertz CT molecular complexity index is 369. The average Bonchev–Trinajstić information content (AvgIpc) is 2.83. The van der Waals surface area contributed by atoms with Crippen LogP contribution in [0.5, 0.6) is 0 Å². The van der Waals surface area contributed by atoms with Crippen LogP contribution < -0.4 is 4.57 Å². The molecule has 122 valence electrons. The number of methoxy groups -OCH3 is 1. The van der Waals surface area contributed by atoms with Crippen molar-refractivity contribution in [3.8, 4) is 0 Å². The topological polar surface area (TPSA) is 45.7 Å². The third kappa shape index (κ3) is 7.57. The van der Waals surface area contributed by atoms with E-state index in [4.69, 9.17) is 18.9 Å². The minimum Gasteiger partial charge on any atom is -0.382 e. The van der Waals surface area contributed by atoms with E-state index in [1.54, 1.807) is 7.11 Å². The minimum atomic E-state index is 0.643. The molecule has 1 heterocycles. The summed E-state index contributed by atoms with van der Waals surface area (Å²) >= 11 is 0. The van der Waals surface area contributed by atoms with Crippen molar-refractivity contribution < 1.29 is 23.5 Å². The third-order valence-electron chi connectivity index (χ3n) is 3.22. The second kappa shape index (κ2) is 11.7. The lowest BCUT2D eigenvalue weighted by Gasteiger charge is -2.04. The summed E-state index contributed by atoms with van der Waals surface area (Å²) in [6, 6.07) is 0. The lowest BCUT2D eigenvalue weighted by molar-refractivity contribution is -0.703. The van der Waals surface area contributed by atoms with Gasteiger partial charge < -0.3 is 18.9 Å². The molecule has 0 saturated heterocycles. The molecule has 0 fully saturated rings. The van der Waals surface area contributed by atoms with Crippen molar-refractivity contribution in [1.82, 2.24) is 4.57 Å². The molecule has 6 nitrogen and oxygen atoms in total. The summed E-state index contributed by atoms with van der Waals surface area (Å²) < 4.78 is 25.6. The molecule has 0 amide bonds. The molecule has 0 radical (unpaired) electrons. The van der Waals surface area contributed by atoms with Crippen LogP contribution in [0.25, 0.3) is 0 Å². The van der Waals surface area contributed by atoms with Gasteiger partial charge in [-0.1, -0.05) is 0 Å². The highest BCUT2D eigenvalue weighted by Crippen LogP contribution is 1.94. The second-order valence-electron chi connectivity index (χ2n) is 4.65. The zero-order valence-electron chi connectivity index (χ0n) is 13.5. The van der Waals surface area contributed by atoms with Gasteiger partial charge in [-0.25, -0.2) is 9.13 Å². The van der Waals surface area contributed by atoms with E-state index in [2.05, 4.69) is 28.5 Å². The van der Waals surface area contributed by atoms with E-state index in [0.717, 1.165) is 19.7 Å². The lowest BCUT2D eigenvalue weighted by Crippen LogP contribution is -2.38. The molecule has 0 aromatic carbocycles. The number of nitrogens with zero attached hydrogens (tertiary/aromatic N) is 2. The highest BCUT2D eigenvalue weighted by molar-refractivity contribution is 4.79. The maximum absolute atomic E-state index is 5.54. The predicted molar refractivity (Wildman–Crippen MR) is 79.4 cm³/mol. The van der Waals surface area contributed by atoms with E-state index < -0.39 is 0 Å². The zero-order chi connectivity index (χ0) is 15.3. The highest BCUT2D eigenvalue weighted by Gasteiger charge is 2.11. The second-order valence-corrected chi connectivity index (χ2v) is 4.65. The lowest BCUT2D eigenvalue weighted by atomic mass is 10.5. The van der Waals surface area contributed by atoms with Gasteiger partial charge in [0.05, 0.1) is 39.6 Å². The largest absolute Gasteiger partial charge is 0.382 e. The number of ether oxygens (including phenoxy) is 4. The summed E-state index contributed by atoms with van der Waals surface area (Å²) in [4.78, 5) is 0. The zero-order valence-corrected chi connectivity index (χ0v) is 13.5. The number of hydrogen-bond donors (Lipinski definition) is 0. The third-order valence-corrected chi connectivity index (χ3v) is 3.22. The summed E-state index contributed by atoms with van der Waals surface area (Å²) in [6.45, 7) is 10.6. The average molecular weight is 301 g/mol. The molecule has 0 atom stereocenters. The van der Waals surface area contributed by atoms with Crippen molar-refractivity contribution in [2.24, 2.45) is 0 Å². The van der Waals surface area contributed by atoms with Gasteiger partial charge >= 0.3 is 0 Å². The van der Waals surface area contributed by atoms with Gasteiger partial charge in [0.25, 0.3) is 5.82 Å². The molecule has 6 heteroatoms. The summed E-state index contributed by atoms with van der Waals surface area (Å²) in [5.41, 5.74) is 0. The van der Waals surface area contributed by atoms with Crippen molar-refractivity contribution in [3.63, 3.8) is 0 Å². The maximum Gasteiger partial charge on any atom is 0.253 e. The Morgan fingerprint density at radius 2 is 1.71 bits per heavy atom. The quantitative estimate of drug-likeness (QED) is 0.399. The summed E-state index contributed by atoms with van der Waals surface area (Å²) in [7, 11) is 1.68. The predicted octanol–water partition coefficient (Wildman–Crippen LogP) is 0.800. The van der Waals surface area contributed by atoms with Crippen LogP contribution in [0.15, 0.2) is 12.4 Å². The fourth-order valence-electron chi connectivity index (χ4n) is 1.95. The summed E-state index contributed by atoms with van der Waals surface area (Å²) in [5, 5.41) is 0. The molecule has 0 spiro atoms. The SMILES string of the molecule is CCOCCOCCn1cc[n+](CCOCCOC)c1C. The fourth-order valence-corrected chi connectivity index (χ4v) is 1.95. The molecule has 0 aliphatic heterocycles. The molecule has 1 aromatic rings. The standard InChI is InChI=1S/C15H29N2O4/c1-4-19-13-14-21-10-8-17-6-5-16(15(17)2)7-9-20-12-11-18-3/h5-6H,4,7-14H2,1-3H3/q+1. The Hall–Kier alpha value is -0.950. The first kappa shape index (κ1) is 18.1. The number of imidazole rings is 1. The van der Waals surface area contributed by atoms with Gasteiger partial charge in [-0.3, -0.25) is 0 Å². The van der Waals surface area contributed by atoms with Crippen LogP contribution in [0, 0.1) is 6.92 Å². The van der Waals surface area contributed by atoms with E-state index in [1.807, 2.05) is 6.92 Å². The van der Waals surface area contributed by atoms with Crippen LogP contribution in [0.3, 0.4) is 0 Å². The molecule has 0 unspecified atom stereocenters. The molecular weight excluding hydrogens is 272 g/mol. The van der Waals surface area contributed by atoms with Crippen molar-refractivity contribution in [2.75, 3.05) is 53.4 Å². The van der Waals surface area contributed by atoms with Gasteiger partial charge in [-0.15, -0.1) is 0 Å². The minimum absolute atomic E-state index is 0.643. The van der Waals surface area contributed by atoms with Gasteiger partial charge in [-0.05, 0) is 6.92 Å². The normalized spacial score (nSPS) is 11.2. The van der Waals surface area contributed by atoms with Gasteiger partial charge in [0, 0.05) is 20.6 Å². The van der Waals surface area contributed by atoms with Gasteiger partial charge in [0.2, 0.25) is 0 Å². The van der Waals surface area contributed by atoms with E-state index in [-0.39, 0.29) is 0 Å². The molecule has 21 heavy (non-hydrogen) atoms. The Kier molecular flexibility index (Phi) is 10.1. The first-order valence-corrected chi connectivity index (χ1v) is 7.57. The molecule has 0 N–H and O–H groups in total. The van der Waals surface area contributed by atoms with Gasteiger partial charge in [0.15, 0.2) is 0 Å². The van der Waals surface area contributed by atoms with Crippen LogP contribution in [0.4, 0.5) is 0 Å². The monoisotopic (exact) mass is 301 g/mol. The van der Waals surface area contributed by atoms with Crippen LogP contribution in [-0.4, -0.2) is 57.9 Å². The van der Waals surface area contributed by atoms with E-state index >= 15 is 0 Å². The molecule has 0 bridgehead atoms. The van der Waals surface area contributed by atoms with Crippen LogP contribution in [0.1, 0.15) is 12.7 Å². The molecule has 0 aliphatic rings. The van der Waals surface area contributed by atoms with Gasteiger partial charge in [-0.2, -0.15) is 0 Å². The van der Waals surface area contributed by atoms with Crippen molar-refractivity contribution in [1.29, 1.82) is 0 Å². The number of rotatable bonds is 13. The van der Waals surface area contributed by atoms with Crippen molar-refractivity contribution in [2.45, 2.75) is 26.9 Å². The smallest absolute Gasteiger partial charge is 0.253 e. The van der Waals surface area contributed by atoms with Crippen molar-refractivity contribution in [3.05, 3.63) is 18.2 Å². The molecular formula is C15H29N2O4+. The Morgan fingerprint density at radius 3 is 2.48 bits per heavy atom. The maximum atomic E-state index is 5.54. The van der Waals surface area contributed by atoms with Crippen LogP contribution in [0.2, 0.25) is 0 Å². The number of aromatic nitrogens is 2. The van der Waals surface area contributed by atoms with E-state index in [9.17, 15) is 0 Å². The van der Waals surface area contributed by atoms with Crippen LogP contribution in [-0.2, 0) is 32.0 Å². The highest BCUT2D eigenvalue weighted by atomic mass is 16.5. The molecule has 0 aliphatic carbocycles. The van der Waals surface area contributed by atoms with E-state index in [1.165, 1.54) is 5.82 Å².